The maximum absolute atomic E-state index is 12.0. The molecule has 4 unspecified atom stereocenters. The van der Waals surface area contributed by atoms with E-state index in [4.69, 9.17) is 0 Å². The van der Waals surface area contributed by atoms with Gasteiger partial charge in [-0.1, -0.05) is 24.3 Å². The molecule has 4 heterocycles. The highest BCUT2D eigenvalue weighted by molar-refractivity contribution is 5.85. The molecule has 4 nitrogen and oxygen atoms in total. The summed E-state index contributed by atoms with van der Waals surface area (Å²) in [5.74, 6) is -0.409. The lowest BCUT2D eigenvalue weighted by Gasteiger charge is -2.44. The zero-order chi connectivity index (χ0) is 15.8. The van der Waals surface area contributed by atoms with Crippen molar-refractivity contribution in [1.82, 2.24) is 4.98 Å². The van der Waals surface area contributed by atoms with Crippen molar-refractivity contribution in [3.63, 3.8) is 0 Å². The lowest BCUT2D eigenvalue weighted by molar-refractivity contribution is -0.951. The highest BCUT2D eigenvalue weighted by Gasteiger charge is 2.66. The number of carbonyl (C=O) groups is 1. The first-order valence-corrected chi connectivity index (χ1v) is 8.49. The van der Waals surface area contributed by atoms with E-state index in [1.165, 1.54) is 27.7 Å². The summed E-state index contributed by atoms with van der Waals surface area (Å²) in [7, 11) is 0. The first-order valence-electron chi connectivity index (χ1n) is 8.49. The monoisotopic (exact) mass is 309 g/mol. The number of rotatable bonds is 1. The number of carboxylic acid groups (broad SMARTS) is 1. The summed E-state index contributed by atoms with van der Waals surface area (Å²) in [4.78, 5) is 15.6. The highest BCUT2D eigenvalue weighted by Crippen LogP contribution is 2.58. The molecule has 2 fully saturated rings. The molecule has 0 aliphatic carbocycles. The van der Waals surface area contributed by atoms with E-state index in [1.807, 2.05) is 0 Å². The normalized spacial score (nSPS) is 36.4. The van der Waals surface area contributed by atoms with Crippen LogP contribution in [0.25, 0.3) is 10.9 Å². The number of hydrogen-bond acceptors (Lipinski definition) is 1. The van der Waals surface area contributed by atoms with Crippen molar-refractivity contribution in [2.24, 2.45) is 5.92 Å². The van der Waals surface area contributed by atoms with Crippen LogP contribution in [-0.4, -0.2) is 39.7 Å². The Morgan fingerprint density at radius 1 is 1.39 bits per heavy atom. The van der Waals surface area contributed by atoms with Crippen LogP contribution in [0.1, 0.15) is 30.6 Å². The van der Waals surface area contributed by atoms with Gasteiger partial charge in [0.1, 0.15) is 12.6 Å². The molecule has 2 N–H and O–H groups in total. The quantitative estimate of drug-likeness (QED) is 0.628. The number of aliphatic carboxylic acids is 1. The number of allylic oxidation sites excluding steroid dienone is 1. The average molecular weight is 309 g/mol. The van der Waals surface area contributed by atoms with Crippen molar-refractivity contribution in [3.05, 3.63) is 47.2 Å². The Hall–Kier alpha value is -2.07. The Labute approximate surface area is 135 Å². The van der Waals surface area contributed by atoms with Crippen LogP contribution in [0.3, 0.4) is 0 Å². The van der Waals surface area contributed by atoms with Crippen molar-refractivity contribution in [3.8, 4) is 0 Å². The second-order valence-corrected chi connectivity index (χ2v) is 7.30. The van der Waals surface area contributed by atoms with Crippen LogP contribution < -0.4 is 0 Å². The lowest BCUT2D eigenvalue weighted by Crippen LogP contribution is -2.57. The van der Waals surface area contributed by atoms with E-state index in [0.29, 0.717) is 6.04 Å². The molecule has 2 bridgehead atoms. The van der Waals surface area contributed by atoms with Gasteiger partial charge in [-0.3, -0.25) is 0 Å². The molecule has 118 valence electrons. The molecule has 1 aromatic carbocycles. The van der Waals surface area contributed by atoms with Crippen LogP contribution in [0.2, 0.25) is 0 Å². The van der Waals surface area contributed by atoms with E-state index >= 15 is 0 Å². The zero-order valence-electron chi connectivity index (χ0n) is 13.2. The summed E-state index contributed by atoms with van der Waals surface area (Å²) in [6.07, 6.45) is 4.10. The van der Waals surface area contributed by atoms with Gasteiger partial charge in [-0.2, -0.15) is 0 Å². The van der Waals surface area contributed by atoms with Gasteiger partial charge in [0.15, 0.2) is 6.04 Å². The van der Waals surface area contributed by atoms with Crippen LogP contribution in [0.5, 0.6) is 0 Å². The Morgan fingerprint density at radius 3 is 3.00 bits per heavy atom. The van der Waals surface area contributed by atoms with E-state index in [2.05, 4.69) is 42.2 Å². The summed E-state index contributed by atoms with van der Waals surface area (Å²) in [5.41, 5.74) is 5.28. The van der Waals surface area contributed by atoms with Crippen molar-refractivity contribution < 1.29 is 14.4 Å². The molecule has 1 aromatic heterocycles. The summed E-state index contributed by atoms with van der Waals surface area (Å²) in [6.45, 7) is 3.92. The number of nitrogens with one attached hydrogen (secondary N) is 1. The van der Waals surface area contributed by atoms with E-state index < -0.39 is 5.97 Å². The maximum Gasteiger partial charge on any atom is 0.363 e. The fourth-order valence-electron chi connectivity index (χ4n) is 5.69. The summed E-state index contributed by atoms with van der Waals surface area (Å²) in [6, 6.07) is 8.54. The maximum atomic E-state index is 12.0. The summed E-state index contributed by atoms with van der Waals surface area (Å²) >= 11 is 0. The predicted octanol–water partition coefficient (Wildman–Crippen LogP) is 3.01. The molecule has 0 radical (unpaired) electrons. The molecule has 3 aliphatic heterocycles. The first-order chi connectivity index (χ1) is 11.2. The van der Waals surface area contributed by atoms with Gasteiger partial charge in [0.05, 0.1) is 18.2 Å². The number of carboxylic acids is 1. The average Bonchev–Trinajstić information content (AvgIpc) is 3.18. The number of benzene rings is 1. The Morgan fingerprint density at radius 2 is 2.22 bits per heavy atom. The zero-order valence-corrected chi connectivity index (χ0v) is 13.2. The Bertz CT molecular complexity index is 865. The van der Waals surface area contributed by atoms with Gasteiger partial charge < -0.3 is 14.6 Å². The van der Waals surface area contributed by atoms with E-state index in [9.17, 15) is 9.90 Å². The van der Waals surface area contributed by atoms with Gasteiger partial charge in [-0.25, -0.2) is 4.79 Å². The molecule has 1 spiro atoms. The largest absolute Gasteiger partial charge is 0.477 e. The van der Waals surface area contributed by atoms with Gasteiger partial charge in [0.2, 0.25) is 0 Å². The van der Waals surface area contributed by atoms with Crippen LogP contribution in [0.15, 0.2) is 35.9 Å². The molecule has 3 aliphatic rings. The molecule has 0 amide bonds. The molecule has 2 saturated heterocycles. The van der Waals surface area contributed by atoms with Gasteiger partial charge in [0, 0.05) is 23.7 Å². The number of aromatic nitrogens is 1. The molecule has 23 heavy (non-hydrogen) atoms. The van der Waals surface area contributed by atoms with E-state index in [0.717, 1.165) is 30.4 Å². The SMILES string of the molecule is C/C=C1/C[N+]23CCc4c([nH]c5ccccc45)C2CC1C3C(=O)O. The van der Waals surface area contributed by atoms with Gasteiger partial charge >= 0.3 is 5.97 Å². The van der Waals surface area contributed by atoms with Crippen molar-refractivity contribution in [2.45, 2.75) is 31.8 Å². The lowest BCUT2D eigenvalue weighted by atomic mass is 9.87. The number of H-pyrrole nitrogens is 1. The Kier molecular flexibility index (Phi) is 2.48. The number of hydrogen-bond donors (Lipinski definition) is 2. The number of para-hydroxylation sites is 1. The topological polar surface area (TPSA) is 53.1 Å². The van der Waals surface area contributed by atoms with Crippen LogP contribution in [0.4, 0.5) is 0 Å². The molecular formula is C19H21N2O2+. The molecule has 4 atom stereocenters. The fraction of sp³-hybridized carbons (Fsp3) is 0.421. The number of fused-ring (bicyclic) bond motifs is 5. The fourth-order valence-corrected chi connectivity index (χ4v) is 5.69. The smallest absolute Gasteiger partial charge is 0.363 e. The van der Waals surface area contributed by atoms with Gasteiger partial charge in [-0.05, 0) is 24.1 Å². The van der Waals surface area contributed by atoms with Crippen LogP contribution >= 0.6 is 0 Å². The predicted molar refractivity (Wildman–Crippen MR) is 88.0 cm³/mol. The number of nitrogens with zero attached hydrogens (tertiary/aromatic N) is 1. The van der Waals surface area contributed by atoms with E-state index in [1.54, 1.807) is 0 Å². The van der Waals surface area contributed by atoms with Crippen LogP contribution in [0, 0.1) is 5.92 Å². The van der Waals surface area contributed by atoms with Crippen molar-refractivity contribution in [1.29, 1.82) is 0 Å². The molecule has 5 rings (SSSR count). The van der Waals surface area contributed by atoms with Crippen molar-refractivity contribution >= 4 is 16.9 Å². The van der Waals surface area contributed by atoms with Gasteiger partial charge in [0.25, 0.3) is 0 Å². The standard InChI is InChI=1S/C19H20N2O2/c1-2-11-10-21-8-7-13-12-5-3-4-6-15(12)20-17(13)16(21)9-14(11)18(21)19(22)23/h2-6,14,16,18,20H,7-10H2,1H3/p+1/b11-2-. The molecule has 0 saturated carbocycles. The number of quaternary nitrogens is 1. The van der Waals surface area contributed by atoms with Gasteiger partial charge in [-0.15, -0.1) is 0 Å². The minimum Gasteiger partial charge on any atom is -0.477 e. The second-order valence-electron chi connectivity index (χ2n) is 7.30. The van der Waals surface area contributed by atoms with Crippen LogP contribution in [-0.2, 0) is 11.2 Å². The first kappa shape index (κ1) is 13.4. The molecule has 2 aromatic rings. The number of piperidine rings is 1. The highest BCUT2D eigenvalue weighted by atomic mass is 16.4. The number of aromatic amines is 1. The minimum atomic E-state index is -0.617. The molecular weight excluding hydrogens is 288 g/mol. The Balaban J connectivity index is 1.70. The molecule has 4 heteroatoms. The minimum absolute atomic E-state index is 0.208. The third kappa shape index (κ3) is 1.47. The van der Waals surface area contributed by atoms with E-state index in [-0.39, 0.29) is 12.0 Å². The van der Waals surface area contributed by atoms with Crippen molar-refractivity contribution in [2.75, 3.05) is 13.1 Å². The third-order valence-electron chi connectivity index (χ3n) is 6.57. The summed E-state index contributed by atoms with van der Waals surface area (Å²) < 4.78 is 0.736. The second kappa shape index (κ2) is 4.26. The third-order valence-corrected chi connectivity index (χ3v) is 6.57. The summed E-state index contributed by atoms with van der Waals surface area (Å²) in [5, 5.41) is 11.2.